The van der Waals surface area contributed by atoms with E-state index < -0.39 is 32.0 Å². The van der Waals surface area contributed by atoms with E-state index in [4.69, 9.17) is 14.8 Å². The van der Waals surface area contributed by atoms with Crippen molar-refractivity contribution in [2.24, 2.45) is 5.73 Å². The summed E-state index contributed by atoms with van der Waals surface area (Å²) >= 11 is 0. The lowest BCUT2D eigenvalue weighted by molar-refractivity contribution is -0.125. The van der Waals surface area contributed by atoms with E-state index in [0.29, 0.717) is 12.8 Å². The molecule has 0 aromatic carbocycles. The summed E-state index contributed by atoms with van der Waals surface area (Å²) in [5.41, 5.74) is 5.39. The first-order chi connectivity index (χ1) is 28.3. The quantitative estimate of drug-likeness (QED) is 0.0300. The number of hydrogen-bond acceptors (Lipinski definition) is 7. The van der Waals surface area contributed by atoms with Gasteiger partial charge in [0.25, 0.3) is 0 Å². The molecule has 58 heavy (non-hydrogen) atoms. The van der Waals surface area contributed by atoms with Crippen molar-refractivity contribution in [3.8, 4) is 0 Å². The molecule has 0 aromatic heterocycles. The fourth-order valence-electron chi connectivity index (χ4n) is 7.95. The Hall–Kier alpha value is -0.540. The van der Waals surface area contributed by atoms with Gasteiger partial charge in [0.1, 0.15) is 0 Å². The molecular weight excluding hydrogens is 748 g/mol. The predicted octanol–water partition coefficient (Wildman–Crippen LogP) is 13.5. The molecule has 0 rings (SSSR count). The summed E-state index contributed by atoms with van der Waals surface area (Å²) in [4.78, 5) is 22.9. The van der Waals surface area contributed by atoms with E-state index in [-0.39, 0.29) is 26.2 Å². The van der Waals surface area contributed by atoms with Gasteiger partial charge in [-0.25, -0.2) is 4.57 Å². The number of hydrogen-bond donors (Lipinski definition) is 5. The molecule has 6 N–H and O–H groups in total. The first-order valence-corrected chi connectivity index (χ1v) is 26.7. The fraction of sp³-hybridized carbons (Fsp3) is 0.979. The van der Waals surface area contributed by atoms with E-state index in [1.54, 1.807) is 0 Å². The molecular formula is C48H99N2O7P. The molecule has 0 radical (unpaired) electrons. The Kier molecular flexibility index (Phi) is 44.1. The van der Waals surface area contributed by atoms with Gasteiger partial charge in [-0.3, -0.25) is 13.8 Å². The Balaban J connectivity index is 4.13. The van der Waals surface area contributed by atoms with Crippen LogP contribution in [0.3, 0.4) is 0 Å². The Morgan fingerprint density at radius 3 is 1.16 bits per heavy atom. The third kappa shape index (κ3) is 42.2. The van der Waals surface area contributed by atoms with Crippen LogP contribution in [0.1, 0.15) is 264 Å². The molecule has 0 saturated carbocycles. The molecule has 4 unspecified atom stereocenters. The molecule has 348 valence electrons. The second-order valence-electron chi connectivity index (χ2n) is 17.6. The topological polar surface area (TPSA) is 151 Å². The van der Waals surface area contributed by atoms with E-state index >= 15 is 0 Å². The van der Waals surface area contributed by atoms with Crippen LogP contribution in [-0.2, 0) is 18.4 Å². The molecule has 9 nitrogen and oxygen atoms in total. The monoisotopic (exact) mass is 847 g/mol. The Morgan fingerprint density at radius 1 is 0.517 bits per heavy atom. The molecule has 4 atom stereocenters. The van der Waals surface area contributed by atoms with E-state index in [1.807, 2.05) is 0 Å². The van der Waals surface area contributed by atoms with Crippen molar-refractivity contribution < 1.29 is 33.5 Å². The van der Waals surface area contributed by atoms with Crippen molar-refractivity contribution in [1.82, 2.24) is 5.32 Å². The summed E-state index contributed by atoms with van der Waals surface area (Å²) < 4.78 is 22.2. The Bertz CT molecular complexity index is 898. The maximum atomic E-state index is 12.9. The van der Waals surface area contributed by atoms with Gasteiger partial charge >= 0.3 is 7.82 Å². The van der Waals surface area contributed by atoms with Crippen LogP contribution in [0.25, 0.3) is 0 Å². The van der Waals surface area contributed by atoms with Gasteiger partial charge < -0.3 is 26.2 Å². The van der Waals surface area contributed by atoms with E-state index in [0.717, 1.165) is 38.5 Å². The van der Waals surface area contributed by atoms with Crippen molar-refractivity contribution in [3.05, 3.63) is 0 Å². The lowest BCUT2D eigenvalue weighted by atomic mass is 10.0. The van der Waals surface area contributed by atoms with Gasteiger partial charge in [0.15, 0.2) is 0 Å². The van der Waals surface area contributed by atoms with E-state index in [9.17, 15) is 24.5 Å². The average Bonchev–Trinajstić information content (AvgIpc) is 3.20. The number of aliphatic hydroxyl groups is 2. The molecule has 0 heterocycles. The Labute approximate surface area is 359 Å². The fourth-order valence-corrected chi connectivity index (χ4v) is 8.71. The molecule has 0 spiro atoms. The third-order valence-corrected chi connectivity index (χ3v) is 12.7. The molecule has 0 aliphatic carbocycles. The van der Waals surface area contributed by atoms with Crippen molar-refractivity contribution in [2.75, 3.05) is 19.8 Å². The predicted molar refractivity (Wildman–Crippen MR) is 246 cm³/mol. The lowest BCUT2D eigenvalue weighted by Crippen LogP contribution is -2.47. The first-order valence-electron chi connectivity index (χ1n) is 25.2. The highest BCUT2D eigenvalue weighted by Gasteiger charge is 2.28. The summed E-state index contributed by atoms with van der Waals surface area (Å²) in [7, 11) is -4.37. The zero-order chi connectivity index (χ0) is 42.6. The van der Waals surface area contributed by atoms with Crippen LogP contribution in [0.4, 0.5) is 0 Å². The van der Waals surface area contributed by atoms with Crippen molar-refractivity contribution in [2.45, 2.75) is 283 Å². The minimum absolute atomic E-state index is 0.0629. The van der Waals surface area contributed by atoms with E-state index in [2.05, 4.69) is 19.2 Å². The number of carbonyl (C=O) groups is 1. The van der Waals surface area contributed by atoms with Crippen LogP contribution in [0.15, 0.2) is 0 Å². The molecule has 0 saturated heterocycles. The normalized spacial score (nSPS) is 14.4. The van der Waals surface area contributed by atoms with Gasteiger partial charge in [0.2, 0.25) is 5.91 Å². The number of nitrogens with two attached hydrogens (primary N) is 1. The summed E-state index contributed by atoms with van der Waals surface area (Å²) in [6.45, 7) is 4.09. The third-order valence-electron chi connectivity index (χ3n) is 11.8. The number of phosphoric acid groups is 1. The highest BCUT2D eigenvalue weighted by Crippen LogP contribution is 2.43. The van der Waals surface area contributed by atoms with Crippen molar-refractivity contribution in [3.63, 3.8) is 0 Å². The SMILES string of the molecule is CCCCCCCCCCCCCCCCCCCCC(O)CC(=O)NC(COP(=O)(O)OCCN)C(O)CCCCCCCCCCCCCCCCCCCC. The highest BCUT2D eigenvalue weighted by atomic mass is 31.2. The van der Waals surface area contributed by atoms with Crippen molar-refractivity contribution in [1.29, 1.82) is 0 Å². The number of nitrogens with one attached hydrogen (secondary N) is 1. The van der Waals surface area contributed by atoms with Crippen molar-refractivity contribution >= 4 is 13.7 Å². The van der Waals surface area contributed by atoms with Gasteiger partial charge in [0.05, 0.1) is 37.9 Å². The van der Waals surface area contributed by atoms with Crippen LogP contribution in [-0.4, -0.2) is 59.0 Å². The van der Waals surface area contributed by atoms with Crippen LogP contribution in [0.2, 0.25) is 0 Å². The van der Waals surface area contributed by atoms with Gasteiger partial charge in [-0.05, 0) is 12.8 Å². The van der Waals surface area contributed by atoms with Gasteiger partial charge in [-0.1, -0.05) is 245 Å². The second-order valence-corrected chi connectivity index (χ2v) is 19.0. The zero-order valence-electron chi connectivity index (χ0n) is 38.4. The minimum Gasteiger partial charge on any atom is -0.393 e. The Morgan fingerprint density at radius 2 is 0.828 bits per heavy atom. The molecule has 0 aliphatic heterocycles. The first kappa shape index (κ1) is 57.5. The molecule has 0 fully saturated rings. The molecule has 10 heteroatoms. The summed E-state index contributed by atoms with van der Waals surface area (Å²) in [5, 5.41) is 24.3. The standard InChI is InChI=1S/C48H99N2O7P/c1-3-5-7-9-11-13-15-17-19-21-23-25-27-29-31-33-35-37-39-45(51)43-48(53)50-46(44-57-58(54,55)56-42-41-49)47(52)40-38-36-34-32-30-28-26-24-22-20-18-16-14-12-10-8-6-4-2/h45-47,51-52H,3-44,49H2,1-2H3,(H,50,53)(H,54,55). The maximum Gasteiger partial charge on any atom is 0.472 e. The molecule has 0 aliphatic rings. The summed E-state index contributed by atoms with van der Waals surface area (Å²) in [6, 6.07) is -0.891. The number of unbranched alkanes of at least 4 members (excludes halogenated alkanes) is 34. The molecule has 0 aromatic rings. The van der Waals surface area contributed by atoms with Gasteiger partial charge in [-0.2, -0.15) is 0 Å². The lowest BCUT2D eigenvalue weighted by Gasteiger charge is -2.25. The highest BCUT2D eigenvalue weighted by molar-refractivity contribution is 7.47. The second kappa shape index (κ2) is 44.5. The van der Waals surface area contributed by atoms with Gasteiger partial charge in [-0.15, -0.1) is 0 Å². The smallest absolute Gasteiger partial charge is 0.393 e. The minimum atomic E-state index is -4.37. The molecule has 1 amide bonds. The maximum absolute atomic E-state index is 12.9. The summed E-state index contributed by atoms with van der Waals surface area (Å²) in [5.74, 6) is -0.406. The average molecular weight is 847 g/mol. The number of aliphatic hydroxyl groups excluding tert-OH is 2. The van der Waals surface area contributed by atoms with Crippen LogP contribution >= 0.6 is 7.82 Å². The van der Waals surface area contributed by atoms with Crippen LogP contribution in [0, 0.1) is 0 Å². The number of amides is 1. The number of carbonyl (C=O) groups excluding carboxylic acids is 1. The number of rotatable bonds is 48. The van der Waals surface area contributed by atoms with Gasteiger partial charge in [0, 0.05) is 6.54 Å². The molecule has 0 bridgehead atoms. The van der Waals surface area contributed by atoms with Crippen LogP contribution < -0.4 is 11.1 Å². The van der Waals surface area contributed by atoms with E-state index in [1.165, 1.54) is 193 Å². The largest absolute Gasteiger partial charge is 0.472 e. The van der Waals surface area contributed by atoms with Crippen LogP contribution in [0.5, 0.6) is 0 Å². The number of phosphoric ester groups is 1. The summed E-state index contributed by atoms with van der Waals surface area (Å²) in [6.07, 6.45) is 45.8. The zero-order valence-corrected chi connectivity index (χ0v) is 39.3.